The largest absolute Gasteiger partial charge is 0.494 e. The van der Waals surface area contributed by atoms with Crippen LogP contribution >= 0.6 is 0 Å². The average Bonchev–Trinajstić information content (AvgIpc) is 3.61. The van der Waals surface area contributed by atoms with E-state index in [-0.39, 0.29) is 23.6 Å². The van der Waals surface area contributed by atoms with Crippen molar-refractivity contribution in [3.8, 4) is 17.3 Å². The van der Waals surface area contributed by atoms with Crippen LogP contribution in [0, 0.1) is 5.82 Å². The van der Waals surface area contributed by atoms with Gasteiger partial charge in [-0.15, -0.1) is 0 Å². The van der Waals surface area contributed by atoms with Crippen molar-refractivity contribution in [2.24, 2.45) is 12.8 Å². The number of carbonyl (C=O) groups excluding carboxylic acids is 2. The molecule has 6 heterocycles. The maximum absolute atomic E-state index is 14.8. The SMILES string of the molecule is COc1cc(C(=O)N2CCC[C@@H](N)[C@H]2C)cc2nc(-c3cc4ccc5nc4n3CCCCCc3cncc(F)c3C(=O)N[C@@H]5C)n(C)c12. The number of nitrogens with one attached hydrogen (secondary N) is 1. The van der Waals surface area contributed by atoms with Gasteiger partial charge in [0.25, 0.3) is 11.8 Å². The van der Waals surface area contributed by atoms with Crippen LogP contribution in [0.25, 0.3) is 33.6 Å². The number of amides is 2. The van der Waals surface area contributed by atoms with E-state index in [1.807, 2.05) is 48.6 Å². The number of rotatable bonds is 3. The standard InChI is InChI=1S/C36H41FN8O3/c1-20-27-12-11-22-16-29(45(33(22)41-27)13-7-5-6-9-23-18-39-19-25(37)31(23)35(46)40-20)34-42-28-15-24(17-30(48-4)32(28)43(34)3)36(47)44-14-8-10-26(38)21(44)2/h11-12,15-21,26H,5-10,13-14,38H2,1-4H3,(H,40,46)/t20-,21-,26-/m1/s1. The number of benzene rings is 1. The highest BCUT2D eigenvalue weighted by molar-refractivity contribution is 6.00. The molecule has 7 rings (SSSR count). The Balaban J connectivity index is 1.30. The van der Waals surface area contributed by atoms with Crippen LogP contribution in [0.15, 0.2) is 42.7 Å². The normalized spacial score (nSPS) is 20.5. The van der Waals surface area contributed by atoms with E-state index >= 15 is 0 Å². The van der Waals surface area contributed by atoms with Gasteiger partial charge in [-0.2, -0.15) is 0 Å². The Morgan fingerprint density at radius 1 is 1.06 bits per heavy atom. The fourth-order valence-electron chi connectivity index (χ4n) is 7.26. The summed E-state index contributed by atoms with van der Waals surface area (Å²) in [7, 11) is 3.56. The van der Waals surface area contributed by atoms with E-state index in [2.05, 4.69) is 20.9 Å². The Hall–Kier alpha value is -4.84. The molecule has 1 aromatic carbocycles. The van der Waals surface area contributed by atoms with Gasteiger partial charge in [0.15, 0.2) is 11.6 Å². The molecule has 2 bridgehead atoms. The number of methoxy groups -OCH3 is 1. The predicted octanol–water partition coefficient (Wildman–Crippen LogP) is 5.30. The van der Waals surface area contributed by atoms with Crippen LogP contribution in [0.1, 0.15) is 84.0 Å². The highest BCUT2D eigenvalue weighted by atomic mass is 19.1. The lowest BCUT2D eigenvalue weighted by Gasteiger charge is -2.37. The minimum absolute atomic E-state index is 0.0521. The molecule has 2 amide bonds. The average molecular weight is 653 g/mol. The van der Waals surface area contributed by atoms with Crippen LogP contribution in [0.3, 0.4) is 0 Å². The second kappa shape index (κ2) is 12.6. The van der Waals surface area contributed by atoms with Gasteiger partial charge in [-0.3, -0.25) is 14.6 Å². The lowest BCUT2D eigenvalue weighted by atomic mass is 9.97. The maximum atomic E-state index is 14.8. The van der Waals surface area contributed by atoms with Crippen LogP contribution in [-0.2, 0) is 20.0 Å². The molecule has 0 saturated carbocycles. The first-order valence-electron chi connectivity index (χ1n) is 16.7. The first kappa shape index (κ1) is 31.7. The van der Waals surface area contributed by atoms with Crippen LogP contribution in [0.2, 0.25) is 0 Å². The molecule has 2 aliphatic heterocycles. The Bertz CT molecular complexity index is 2050. The summed E-state index contributed by atoms with van der Waals surface area (Å²) in [6.45, 7) is 5.20. The van der Waals surface area contributed by atoms with Crippen molar-refractivity contribution in [3.63, 3.8) is 0 Å². The van der Waals surface area contributed by atoms with Crippen molar-refractivity contribution in [2.75, 3.05) is 13.7 Å². The van der Waals surface area contributed by atoms with Crippen molar-refractivity contribution in [1.29, 1.82) is 0 Å². The lowest BCUT2D eigenvalue weighted by Crippen LogP contribution is -2.52. The molecular weight excluding hydrogens is 611 g/mol. The molecule has 3 N–H and O–H groups in total. The summed E-state index contributed by atoms with van der Waals surface area (Å²) in [6.07, 6.45) is 7.46. The number of ether oxygens (including phenoxy) is 1. The van der Waals surface area contributed by atoms with E-state index in [1.165, 1.54) is 0 Å². The molecule has 3 atom stereocenters. The molecule has 48 heavy (non-hydrogen) atoms. The Kier molecular flexibility index (Phi) is 8.36. The molecule has 1 saturated heterocycles. The van der Waals surface area contributed by atoms with Crippen LogP contribution < -0.4 is 15.8 Å². The minimum Gasteiger partial charge on any atom is -0.494 e. The zero-order chi connectivity index (χ0) is 33.7. The number of piperidine rings is 1. The Morgan fingerprint density at radius 3 is 2.71 bits per heavy atom. The Morgan fingerprint density at radius 2 is 1.90 bits per heavy atom. The van der Waals surface area contributed by atoms with Crippen molar-refractivity contribution in [2.45, 2.75) is 77.0 Å². The number of likely N-dealkylation sites (tertiary alicyclic amines) is 1. The molecule has 12 heteroatoms. The maximum Gasteiger partial charge on any atom is 0.255 e. The highest BCUT2D eigenvalue weighted by Gasteiger charge is 2.31. The molecule has 250 valence electrons. The zero-order valence-electron chi connectivity index (χ0n) is 27.8. The number of hydrogen-bond acceptors (Lipinski definition) is 7. The molecule has 0 aliphatic carbocycles. The van der Waals surface area contributed by atoms with Gasteiger partial charge in [0, 0.05) is 49.4 Å². The number of carbonyl (C=O) groups is 2. The van der Waals surface area contributed by atoms with Crippen molar-refractivity contribution >= 4 is 33.9 Å². The van der Waals surface area contributed by atoms with Gasteiger partial charge in [0.1, 0.15) is 16.9 Å². The number of nitrogens with zero attached hydrogens (tertiary/aromatic N) is 6. The number of aryl methyl sites for hydroxylation is 3. The molecule has 0 spiro atoms. The van der Waals surface area contributed by atoms with E-state index in [4.69, 9.17) is 20.4 Å². The number of pyridine rings is 2. The van der Waals surface area contributed by atoms with Gasteiger partial charge in [-0.1, -0.05) is 6.42 Å². The first-order valence-corrected chi connectivity index (χ1v) is 16.7. The first-order chi connectivity index (χ1) is 23.2. The van der Waals surface area contributed by atoms with E-state index < -0.39 is 17.8 Å². The van der Waals surface area contributed by atoms with Gasteiger partial charge in [0.2, 0.25) is 0 Å². The third-order valence-corrected chi connectivity index (χ3v) is 10.0. The van der Waals surface area contributed by atoms with Gasteiger partial charge in [0.05, 0.1) is 41.8 Å². The second-order valence-corrected chi connectivity index (χ2v) is 13.1. The fraction of sp³-hybridized carbons (Fsp3) is 0.417. The molecule has 11 nitrogen and oxygen atoms in total. The second-order valence-electron chi connectivity index (χ2n) is 13.1. The monoisotopic (exact) mass is 652 g/mol. The van der Waals surface area contributed by atoms with Gasteiger partial charge < -0.3 is 29.8 Å². The smallest absolute Gasteiger partial charge is 0.255 e. The lowest BCUT2D eigenvalue weighted by molar-refractivity contribution is 0.0604. The van der Waals surface area contributed by atoms with Crippen molar-refractivity contribution < 1.29 is 18.7 Å². The van der Waals surface area contributed by atoms with E-state index in [1.54, 1.807) is 19.4 Å². The third-order valence-electron chi connectivity index (χ3n) is 10.0. The fourth-order valence-corrected chi connectivity index (χ4v) is 7.26. The predicted molar refractivity (Wildman–Crippen MR) is 181 cm³/mol. The molecule has 4 aromatic heterocycles. The molecule has 1 fully saturated rings. The van der Waals surface area contributed by atoms with Crippen LogP contribution in [0.4, 0.5) is 4.39 Å². The summed E-state index contributed by atoms with van der Waals surface area (Å²) < 4.78 is 24.8. The number of nitrogens with two attached hydrogens (primary N) is 1. The molecule has 2 aliphatic rings. The van der Waals surface area contributed by atoms with Gasteiger partial charge in [-0.25, -0.2) is 14.4 Å². The molecule has 0 unspecified atom stereocenters. The highest BCUT2D eigenvalue weighted by Crippen LogP contribution is 2.35. The number of hydrogen-bond donors (Lipinski definition) is 2. The van der Waals surface area contributed by atoms with Crippen LogP contribution in [-0.4, -0.2) is 66.5 Å². The van der Waals surface area contributed by atoms with E-state index in [9.17, 15) is 14.0 Å². The quantitative estimate of drug-likeness (QED) is 0.270. The number of halogens is 1. The summed E-state index contributed by atoms with van der Waals surface area (Å²) >= 11 is 0. The van der Waals surface area contributed by atoms with E-state index in [0.29, 0.717) is 47.6 Å². The third kappa shape index (κ3) is 5.47. The van der Waals surface area contributed by atoms with Gasteiger partial charge >= 0.3 is 0 Å². The summed E-state index contributed by atoms with van der Waals surface area (Å²) in [5.41, 5.74) is 11.3. The number of fused-ring (bicyclic) bond motifs is 3. The van der Waals surface area contributed by atoms with Crippen molar-refractivity contribution in [1.82, 2.24) is 34.3 Å². The zero-order valence-corrected chi connectivity index (χ0v) is 27.8. The Labute approximate surface area is 278 Å². The van der Waals surface area contributed by atoms with E-state index in [0.717, 1.165) is 66.4 Å². The summed E-state index contributed by atoms with van der Waals surface area (Å²) in [4.78, 5) is 43.0. The molecule has 5 aromatic rings. The topological polar surface area (TPSA) is 133 Å². The van der Waals surface area contributed by atoms with Gasteiger partial charge in [-0.05, 0) is 81.8 Å². The summed E-state index contributed by atoms with van der Waals surface area (Å²) in [5.74, 6) is 0.119. The summed E-state index contributed by atoms with van der Waals surface area (Å²) in [5, 5.41) is 3.88. The van der Waals surface area contributed by atoms with Crippen molar-refractivity contribution in [3.05, 3.63) is 70.9 Å². The molecular formula is C36H41FN8O3. The number of imidazole rings is 1. The summed E-state index contributed by atoms with van der Waals surface area (Å²) in [6, 6.07) is 9.03. The minimum atomic E-state index is -0.618. The number of aromatic nitrogens is 5. The molecule has 0 radical (unpaired) electrons. The van der Waals surface area contributed by atoms with Crippen LogP contribution in [0.5, 0.6) is 5.75 Å².